The van der Waals surface area contributed by atoms with E-state index in [4.69, 9.17) is 19.7 Å². The molecule has 0 bridgehead atoms. The highest BCUT2D eigenvalue weighted by atomic mass is 32.2. The van der Waals surface area contributed by atoms with E-state index in [1.165, 1.54) is 0 Å². The van der Waals surface area contributed by atoms with Crippen molar-refractivity contribution in [3.63, 3.8) is 0 Å². The summed E-state index contributed by atoms with van der Waals surface area (Å²) < 4.78 is 13.9. The Labute approximate surface area is 262 Å². The average Bonchev–Trinajstić information content (AvgIpc) is 3.44. The molecule has 2 aromatic carbocycles. The maximum Gasteiger partial charge on any atom is 0.243 e. The van der Waals surface area contributed by atoms with Crippen LogP contribution in [0.1, 0.15) is 75.2 Å². The van der Waals surface area contributed by atoms with E-state index >= 15 is 0 Å². The highest BCUT2D eigenvalue weighted by Crippen LogP contribution is 2.41. The minimum absolute atomic E-state index is 0.0348. The van der Waals surface area contributed by atoms with Crippen molar-refractivity contribution in [3.05, 3.63) is 90.5 Å². The zero-order chi connectivity index (χ0) is 30.4. The number of carbonyl (C=O) groups excluding carboxylic acids is 2. The number of allylic oxidation sites excluding steroid dienone is 1. The number of ether oxygens (including phenoxy) is 2. The summed E-state index contributed by atoms with van der Waals surface area (Å²) in [6.45, 7) is 5.98. The molecule has 3 N–H and O–H groups in total. The number of anilines is 1. The highest BCUT2D eigenvalue weighted by molar-refractivity contribution is 8.39. The fraction of sp³-hybridized carbons (Fsp3) is 0.424. The Hall–Kier alpha value is -2.89. The Morgan fingerprint density at radius 1 is 1.00 bits per heavy atom. The van der Waals surface area contributed by atoms with Gasteiger partial charge in [-0.25, -0.2) is 5.48 Å². The van der Waals surface area contributed by atoms with Gasteiger partial charge < -0.3 is 14.8 Å². The van der Waals surface area contributed by atoms with Crippen molar-refractivity contribution in [1.82, 2.24) is 5.48 Å². The molecule has 4 rings (SSSR count). The van der Waals surface area contributed by atoms with Crippen LogP contribution in [0, 0.1) is 0 Å². The standard InChI is InChI=1S/C33H41N3O5S2/c1-3-12-26-29(4-2)43-33(35-26)42-22-32-40-27(23-13-8-7-9-14-23)21-28(41-32)24-17-19-25(20-18-24)34-30(37)15-10-5-6-11-16-31(38)36-39/h3-4,7-9,12-14,17-20,26-29,32,39H,2,5-6,10-11,15-16,21-22H2,1H3,(H,34,37)(H,36,38)/b12-3-. The van der Waals surface area contributed by atoms with Gasteiger partial charge in [0.2, 0.25) is 11.8 Å². The van der Waals surface area contributed by atoms with Crippen molar-refractivity contribution in [2.45, 2.75) is 81.7 Å². The van der Waals surface area contributed by atoms with E-state index in [0.29, 0.717) is 31.4 Å². The summed E-state index contributed by atoms with van der Waals surface area (Å²) in [5, 5.41) is 11.7. The quantitative estimate of drug-likeness (QED) is 0.0874. The summed E-state index contributed by atoms with van der Waals surface area (Å²) in [5.41, 5.74) is 4.54. The first kappa shape index (κ1) is 33.0. The van der Waals surface area contributed by atoms with Gasteiger partial charge in [0.1, 0.15) is 4.38 Å². The van der Waals surface area contributed by atoms with Gasteiger partial charge >= 0.3 is 0 Å². The smallest absolute Gasteiger partial charge is 0.243 e. The molecular formula is C33H41N3O5S2. The monoisotopic (exact) mass is 623 g/mol. The molecule has 2 heterocycles. The predicted octanol–water partition coefficient (Wildman–Crippen LogP) is 7.35. The van der Waals surface area contributed by atoms with E-state index in [1.54, 1.807) is 29.0 Å². The van der Waals surface area contributed by atoms with Gasteiger partial charge in [0.15, 0.2) is 6.29 Å². The van der Waals surface area contributed by atoms with Gasteiger partial charge in [-0.05, 0) is 43.0 Å². The van der Waals surface area contributed by atoms with Crippen molar-refractivity contribution in [2.24, 2.45) is 4.99 Å². The molecule has 2 amide bonds. The molecule has 0 radical (unpaired) electrons. The first-order valence-corrected chi connectivity index (χ1v) is 16.7. The van der Waals surface area contributed by atoms with Crippen LogP contribution in [0.2, 0.25) is 0 Å². The minimum Gasteiger partial charge on any atom is -0.344 e. The minimum atomic E-state index is -0.405. The molecule has 0 aromatic heterocycles. The fourth-order valence-electron chi connectivity index (χ4n) is 5.02. The molecule has 5 atom stereocenters. The van der Waals surface area contributed by atoms with Gasteiger partial charge in [-0.15, -0.1) is 6.58 Å². The van der Waals surface area contributed by atoms with Crippen molar-refractivity contribution >= 4 is 45.4 Å². The summed E-state index contributed by atoms with van der Waals surface area (Å²) in [5.74, 6) is 0.212. The molecule has 1 saturated heterocycles. The number of hydrogen-bond acceptors (Lipinski definition) is 8. The first-order chi connectivity index (χ1) is 21.0. The lowest BCUT2D eigenvalue weighted by molar-refractivity contribution is -0.236. The molecule has 8 nitrogen and oxygen atoms in total. The molecule has 0 aliphatic carbocycles. The molecular weight excluding hydrogens is 583 g/mol. The molecule has 2 aliphatic rings. The van der Waals surface area contributed by atoms with Crippen molar-refractivity contribution < 1.29 is 24.3 Å². The van der Waals surface area contributed by atoms with E-state index in [2.05, 4.69) is 30.1 Å². The zero-order valence-corrected chi connectivity index (χ0v) is 26.2. The van der Waals surface area contributed by atoms with Crippen molar-refractivity contribution in [1.29, 1.82) is 0 Å². The predicted molar refractivity (Wildman–Crippen MR) is 175 cm³/mol. The summed E-state index contributed by atoms with van der Waals surface area (Å²) in [4.78, 5) is 28.3. The largest absolute Gasteiger partial charge is 0.344 e. The molecule has 5 unspecified atom stereocenters. The maximum atomic E-state index is 12.4. The van der Waals surface area contributed by atoms with Gasteiger partial charge in [-0.3, -0.25) is 19.8 Å². The van der Waals surface area contributed by atoms with Gasteiger partial charge in [0.25, 0.3) is 0 Å². The van der Waals surface area contributed by atoms with E-state index in [-0.39, 0.29) is 35.3 Å². The Kier molecular flexibility index (Phi) is 13.4. The number of rotatable bonds is 14. The number of hydroxylamine groups is 1. The third-order valence-corrected chi connectivity index (χ3v) is 9.76. The first-order valence-electron chi connectivity index (χ1n) is 14.8. The number of benzene rings is 2. The maximum absolute atomic E-state index is 12.4. The Morgan fingerprint density at radius 2 is 1.65 bits per heavy atom. The second-order valence-electron chi connectivity index (χ2n) is 10.5. The van der Waals surface area contributed by atoms with Crippen LogP contribution in [0.25, 0.3) is 0 Å². The zero-order valence-electron chi connectivity index (χ0n) is 24.5. The highest BCUT2D eigenvalue weighted by Gasteiger charge is 2.33. The summed E-state index contributed by atoms with van der Waals surface area (Å²) in [7, 11) is 0. The van der Waals surface area contributed by atoms with Crippen LogP contribution in [-0.4, -0.2) is 44.7 Å². The second kappa shape index (κ2) is 17.4. The summed E-state index contributed by atoms with van der Waals surface area (Å²) >= 11 is 3.39. The number of nitrogens with one attached hydrogen (secondary N) is 2. The number of carbonyl (C=O) groups is 2. The fourth-order valence-corrected chi connectivity index (χ4v) is 7.27. The molecule has 2 aromatic rings. The SMILES string of the molecule is C=CC1SC(SCC2OC(c3ccccc3)CC(c3ccc(NC(=O)CCCCCCC(=O)NO)cc3)O2)=NC1/C=C\C. The van der Waals surface area contributed by atoms with E-state index < -0.39 is 6.29 Å². The molecule has 0 spiro atoms. The van der Waals surface area contributed by atoms with E-state index in [0.717, 1.165) is 40.5 Å². The number of unbranched alkanes of at least 4 members (excludes halogenated alkanes) is 3. The number of hydrogen-bond donors (Lipinski definition) is 3. The number of nitrogens with zero attached hydrogens (tertiary/aromatic N) is 1. The third kappa shape index (κ3) is 10.4. The van der Waals surface area contributed by atoms with Gasteiger partial charge in [0.05, 0.1) is 29.3 Å². The lowest BCUT2D eigenvalue weighted by Crippen LogP contribution is -2.32. The van der Waals surface area contributed by atoms with Crippen LogP contribution >= 0.6 is 23.5 Å². The van der Waals surface area contributed by atoms with Crippen LogP contribution in [0.5, 0.6) is 0 Å². The van der Waals surface area contributed by atoms with Crippen molar-refractivity contribution in [2.75, 3.05) is 11.1 Å². The van der Waals surface area contributed by atoms with Gasteiger partial charge in [0, 0.05) is 24.9 Å². The van der Waals surface area contributed by atoms with Crippen LogP contribution < -0.4 is 10.8 Å². The third-order valence-electron chi connectivity index (χ3n) is 7.27. The summed E-state index contributed by atoms with van der Waals surface area (Å²) in [6.07, 6.45) is 9.96. The molecule has 43 heavy (non-hydrogen) atoms. The number of thioether (sulfide) groups is 2. The molecule has 0 saturated carbocycles. The van der Waals surface area contributed by atoms with Crippen molar-refractivity contribution in [3.8, 4) is 0 Å². The molecule has 10 heteroatoms. The topological polar surface area (TPSA) is 109 Å². The Bertz CT molecular complexity index is 1250. The van der Waals surface area contributed by atoms with Gasteiger partial charge in [-0.1, -0.05) is 97.1 Å². The Morgan fingerprint density at radius 3 is 2.28 bits per heavy atom. The van der Waals surface area contributed by atoms with Gasteiger partial charge in [-0.2, -0.15) is 0 Å². The molecule has 1 fully saturated rings. The Balaban J connectivity index is 1.32. The molecule has 230 valence electrons. The van der Waals surface area contributed by atoms with Crippen LogP contribution in [-0.2, 0) is 19.1 Å². The summed E-state index contributed by atoms with van der Waals surface area (Å²) in [6, 6.07) is 18.2. The normalized spacial score (nSPS) is 23.6. The van der Waals surface area contributed by atoms with Crippen LogP contribution in [0.3, 0.4) is 0 Å². The number of amides is 2. The lowest BCUT2D eigenvalue weighted by Gasteiger charge is -2.36. The average molecular weight is 624 g/mol. The second-order valence-corrected chi connectivity index (χ2v) is 12.9. The van der Waals surface area contributed by atoms with Crippen LogP contribution in [0.15, 0.2) is 84.4 Å². The molecule has 2 aliphatic heterocycles. The lowest BCUT2D eigenvalue weighted by atomic mass is 9.97. The van der Waals surface area contributed by atoms with E-state index in [9.17, 15) is 9.59 Å². The van der Waals surface area contributed by atoms with E-state index in [1.807, 2.05) is 61.5 Å². The van der Waals surface area contributed by atoms with Crippen LogP contribution in [0.4, 0.5) is 5.69 Å². The number of aliphatic imine (C=N–C) groups is 1.